The molecule has 1 saturated heterocycles. The number of ether oxygens (including phenoxy) is 2. The van der Waals surface area contributed by atoms with E-state index in [2.05, 4.69) is 15.9 Å². The molecule has 5 rings (SSSR count). The molecule has 3 aromatic rings. The van der Waals surface area contributed by atoms with Gasteiger partial charge in [-0.3, -0.25) is 23.7 Å². The van der Waals surface area contributed by atoms with Crippen LogP contribution in [0.3, 0.4) is 0 Å². The molecule has 3 atom stereocenters. The van der Waals surface area contributed by atoms with Crippen molar-refractivity contribution < 1.29 is 23.9 Å². The smallest absolute Gasteiger partial charge is 0.326 e. The monoisotopic (exact) mass is 588 g/mol. The van der Waals surface area contributed by atoms with Crippen molar-refractivity contribution in [2.24, 2.45) is 5.92 Å². The second-order valence-electron chi connectivity index (χ2n) is 8.23. The number of imide groups is 1. The predicted octanol–water partition coefficient (Wildman–Crippen LogP) is 4.04. The third kappa shape index (κ3) is 4.18. The summed E-state index contributed by atoms with van der Waals surface area (Å²) >= 11 is 5.62. The lowest BCUT2D eigenvalue weighted by Gasteiger charge is -2.30. The highest BCUT2D eigenvalue weighted by Crippen LogP contribution is 2.54. The highest BCUT2D eigenvalue weighted by Gasteiger charge is 2.56. The Kier molecular flexibility index (Phi) is 6.80. The van der Waals surface area contributed by atoms with Gasteiger partial charge >= 0.3 is 10.8 Å². The number of benzene rings is 2. The number of anilines is 1. The van der Waals surface area contributed by atoms with E-state index in [1.165, 1.54) is 21.2 Å². The van der Waals surface area contributed by atoms with Gasteiger partial charge in [-0.2, -0.15) is 0 Å². The Bertz CT molecular complexity index is 1400. The van der Waals surface area contributed by atoms with Crippen LogP contribution in [-0.2, 0) is 25.7 Å². The number of carbonyl (C=O) groups excluding carboxylic acids is 3. The van der Waals surface area contributed by atoms with Crippen molar-refractivity contribution in [3.63, 3.8) is 0 Å². The first-order valence-corrected chi connectivity index (χ1v) is 13.7. The van der Waals surface area contributed by atoms with Gasteiger partial charge in [-0.05, 0) is 48.9 Å². The number of methoxy groups -OCH3 is 1. The maximum absolute atomic E-state index is 13.8. The summed E-state index contributed by atoms with van der Waals surface area (Å²) in [5.74, 6) is -1.81. The van der Waals surface area contributed by atoms with Crippen LogP contribution in [0.5, 0.6) is 5.75 Å². The average molecular weight is 589 g/mol. The second-order valence-corrected chi connectivity index (χ2v) is 11.3. The zero-order valence-corrected chi connectivity index (χ0v) is 22.5. The summed E-state index contributed by atoms with van der Waals surface area (Å²) in [5, 5.41) is -0.215. The fourth-order valence-corrected chi connectivity index (χ4v) is 7.64. The van der Waals surface area contributed by atoms with Crippen molar-refractivity contribution in [2.75, 3.05) is 18.6 Å². The molecule has 0 saturated carbocycles. The van der Waals surface area contributed by atoms with Gasteiger partial charge < -0.3 is 9.47 Å². The van der Waals surface area contributed by atoms with Gasteiger partial charge in [0.15, 0.2) is 0 Å². The molecule has 0 N–H and O–H groups in total. The number of hydrogen-bond donors (Lipinski definition) is 0. The number of rotatable bonds is 6. The summed E-state index contributed by atoms with van der Waals surface area (Å²) in [7, 11) is 1.55. The Labute approximate surface area is 223 Å². The Hall–Kier alpha value is -2.89. The molecule has 2 aliphatic rings. The van der Waals surface area contributed by atoms with Crippen molar-refractivity contribution >= 4 is 62.5 Å². The van der Waals surface area contributed by atoms with Gasteiger partial charge in [-0.15, -0.1) is 0 Å². The van der Waals surface area contributed by atoms with Gasteiger partial charge in [0.05, 0.1) is 30.3 Å². The fourth-order valence-electron chi connectivity index (χ4n) is 4.61. The first kappa shape index (κ1) is 24.8. The minimum atomic E-state index is -0.747. The van der Waals surface area contributed by atoms with Crippen molar-refractivity contribution in [3.8, 4) is 5.75 Å². The van der Waals surface area contributed by atoms with Crippen molar-refractivity contribution in [1.82, 2.24) is 4.57 Å². The van der Waals surface area contributed by atoms with Crippen LogP contribution in [0.1, 0.15) is 23.3 Å². The Morgan fingerprint density at radius 2 is 1.72 bits per heavy atom. The summed E-state index contributed by atoms with van der Waals surface area (Å²) in [6.07, 6.45) is 0. The molecule has 36 heavy (non-hydrogen) atoms. The minimum Gasteiger partial charge on any atom is -0.497 e. The summed E-state index contributed by atoms with van der Waals surface area (Å²) in [6, 6.07) is 14.3. The van der Waals surface area contributed by atoms with Crippen LogP contribution in [0.15, 0.2) is 62.8 Å². The maximum Gasteiger partial charge on any atom is 0.326 e. The summed E-state index contributed by atoms with van der Waals surface area (Å²) in [6.45, 7) is 1.65. The molecule has 1 aromatic heterocycles. The van der Waals surface area contributed by atoms with Gasteiger partial charge in [0.1, 0.15) is 17.5 Å². The number of aromatic nitrogens is 1. The van der Waals surface area contributed by atoms with E-state index in [0.29, 0.717) is 21.3 Å². The third-order valence-corrected chi connectivity index (χ3v) is 9.33. The van der Waals surface area contributed by atoms with Gasteiger partial charge in [0.2, 0.25) is 11.8 Å². The first-order chi connectivity index (χ1) is 17.3. The van der Waals surface area contributed by atoms with Crippen molar-refractivity contribution in [1.29, 1.82) is 0 Å². The van der Waals surface area contributed by atoms with Crippen LogP contribution in [0.25, 0.3) is 0 Å². The minimum absolute atomic E-state index is 0.198. The molecule has 3 heterocycles. The lowest BCUT2D eigenvalue weighted by molar-refractivity contribution is -0.144. The van der Waals surface area contributed by atoms with E-state index in [4.69, 9.17) is 9.47 Å². The van der Waals surface area contributed by atoms with E-state index >= 15 is 0 Å². The quantitative estimate of drug-likeness (QED) is 0.317. The lowest BCUT2D eigenvalue weighted by atomic mass is 9.83. The van der Waals surface area contributed by atoms with Crippen LogP contribution in [-0.4, -0.2) is 41.3 Å². The van der Waals surface area contributed by atoms with E-state index in [9.17, 15) is 19.2 Å². The maximum atomic E-state index is 13.8. The number of halogens is 1. The molecule has 0 spiro atoms. The largest absolute Gasteiger partial charge is 0.497 e. The van der Waals surface area contributed by atoms with E-state index in [-0.39, 0.29) is 29.8 Å². The lowest BCUT2D eigenvalue weighted by Crippen LogP contribution is -2.32. The molecule has 0 bridgehead atoms. The summed E-state index contributed by atoms with van der Waals surface area (Å²) < 4.78 is 12.5. The number of nitrogens with zero attached hydrogens (tertiary/aromatic N) is 2. The molecule has 11 heteroatoms. The number of carbonyl (C=O) groups is 3. The van der Waals surface area contributed by atoms with Gasteiger partial charge in [0, 0.05) is 15.3 Å². The van der Waals surface area contributed by atoms with E-state index in [1.807, 2.05) is 24.3 Å². The highest BCUT2D eigenvalue weighted by molar-refractivity contribution is 9.10. The van der Waals surface area contributed by atoms with E-state index in [0.717, 1.165) is 21.4 Å². The Morgan fingerprint density at radius 3 is 2.36 bits per heavy atom. The van der Waals surface area contributed by atoms with Gasteiger partial charge in [-0.1, -0.05) is 51.2 Å². The van der Waals surface area contributed by atoms with Gasteiger partial charge in [-0.25, -0.2) is 4.90 Å². The van der Waals surface area contributed by atoms with Crippen LogP contribution in [0.2, 0.25) is 0 Å². The zero-order valence-electron chi connectivity index (χ0n) is 19.3. The molecule has 186 valence electrons. The average Bonchev–Trinajstić information content (AvgIpc) is 3.31. The molecule has 3 unspecified atom stereocenters. The molecule has 0 aliphatic carbocycles. The van der Waals surface area contributed by atoms with Crippen molar-refractivity contribution in [2.45, 2.75) is 29.7 Å². The molecular formula is C25H21BrN2O6S2. The SMILES string of the molecule is CCOC(=O)Cn1c2c(sc1=O)C(c1ccc(Br)cc1)C1C(=O)N(c3ccc(OC)cc3)C(=O)C1S2. The Balaban J connectivity index is 1.62. The number of esters is 1. The van der Waals surface area contributed by atoms with E-state index < -0.39 is 23.1 Å². The molecule has 8 nitrogen and oxygen atoms in total. The predicted molar refractivity (Wildman–Crippen MR) is 140 cm³/mol. The number of thioether (sulfide) groups is 1. The van der Waals surface area contributed by atoms with Crippen LogP contribution in [0.4, 0.5) is 5.69 Å². The fraction of sp³-hybridized carbons (Fsp3) is 0.280. The number of thiazole rings is 1. The number of fused-ring (bicyclic) bond motifs is 2. The summed E-state index contributed by atoms with van der Waals surface area (Å²) in [5.41, 5.74) is 1.28. The number of amides is 2. The standard InChI is InChI=1S/C25H21BrN2O6S2/c1-3-34-17(29)12-27-24-21(36-25(27)32)18(13-4-6-14(26)7-5-13)19-20(35-24)23(31)28(22(19)30)15-8-10-16(33-2)11-9-15/h4-11,18-20H,3,12H2,1-2H3. The van der Waals surface area contributed by atoms with Crippen LogP contribution >= 0.6 is 39.0 Å². The molecule has 2 amide bonds. The molecule has 2 aliphatic heterocycles. The van der Waals surface area contributed by atoms with Crippen molar-refractivity contribution in [3.05, 3.63) is 73.1 Å². The molecular weight excluding hydrogens is 568 g/mol. The molecule has 2 aromatic carbocycles. The second kappa shape index (κ2) is 9.87. The topological polar surface area (TPSA) is 94.9 Å². The molecule has 1 fully saturated rings. The van der Waals surface area contributed by atoms with E-state index in [1.54, 1.807) is 38.3 Å². The van der Waals surface area contributed by atoms with Crippen LogP contribution in [0, 0.1) is 5.92 Å². The van der Waals surface area contributed by atoms with Crippen LogP contribution < -0.4 is 14.5 Å². The first-order valence-electron chi connectivity index (χ1n) is 11.2. The Morgan fingerprint density at radius 1 is 1.03 bits per heavy atom. The zero-order chi connectivity index (χ0) is 25.6. The molecule has 0 radical (unpaired) electrons. The van der Waals surface area contributed by atoms with Gasteiger partial charge in [0.25, 0.3) is 0 Å². The normalized spacial score (nSPS) is 20.8. The third-order valence-electron chi connectivity index (χ3n) is 6.20. The highest BCUT2D eigenvalue weighted by atomic mass is 79.9. The summed E-state index contributed by atoms with van der Waals surface area (Å²) in [4.78, 5) is 54.3. The number of hydrogen-bond acceptors (Lipinski definition) is 8.